The number of rotatable bonds is 9. The Morgan fingerprint density at radius 2 is 2.03 bits per heavy atom. The van der Waals surface area contributed by atoms with Gasteiger partial charge in [0.25, 0.3) is 19.6 Å². The van der Waals surface area contributed by atoms with E-state index in [0.29, 0.717) is 5.82 Å². The van der Waals surface area contributed by atoms with Crippen LogP contribution in [-0.2, 0) is 28.2 Å². The molecule has 0 aliphatic carbocycles. The Hall–Kier alpha value is -1.37. The van der Waals surface area contributed by atoms with Crippen molar-refractivity contribution >= 4 is 31.8 Å². The van der Waals surface area contributed by atoms with Crippen molar-refractivity contribution in [3.05, 3.63) is 24.7 Å². The molecule has 0 aromatic rings. The number of aliphatic hydroxyl groups is 1. The largest absolute Gasteiger partial charge is 0.458 e. The number of aliphatic hydroxyl groups excluding tert-OH is 1. The molecule has 2 aliphatic heterocycles. The van der Waals surface area contributed by atoms with Gasteiger partial charge in [-0.05, 0) is 46.8 Å². The predicted octanol–water partition coefficient (Wildman–Crippen LogP) is 2.30. The summed E-state index contributed by atoms with van der Waals surface area (Å²) in [5.74, 6) is 0.0232. The lowest BCUT2D eigenvalue weighted by Gasteiger charge is -2.38. The number of hydrogen-bond acceptors (Lipinski definition) is 10. The molecule has 2 unspecified atom stereocenters. The van der Waals surface area contributed by atoms with Crippen LogP contribution in [0.5, 0.6) is 0 Å². The lowest BCUT2D eigenvalue weighted by atomic mass is 10.1. The number of amides is 1. The third-order valence-electron chi connectivity index (χ3n) is 4.91. The average molecular weight is 526 g/mol. The first kappa shape index (κ1) is 27.2. The Labute approximate surface area is 212 Å². The van der Waals surface area contributed by atoms with Gasteiger partial charge in [0.1, 0.15) is 11.9 Å². The number of hydrogen-bond donors (Lipinski definition) is 2. The van der Waals surface area contributed by atoms with E-state index in [-0.39, 0.29) is 30.1 Å². The lowest BCUT2D eigenvalue weighted by Crippen LogP contribution is -2.49. The van der Waals surface area contributed by atoms with E-state index in [2.05, 4.69) is 49.4 Å². The molecule has 1 amide bonds. The lowest BCUT2D eigenvalue weighted by molar-refractivity contribution is -0.118. The van der Waals surface area contributed by atoms with E-state index in [1.54, 1.807) is 25.3 Å². The number of ether oxygens (including phenoxy) is 2. The summed E-state index contributed by atoms with van der Waals surface area (Å²) in [4.78, 5) is 18.5. The van der Waals surface area contributed by atoms with Crippen molar-refractivity contribution in [2.75, 3.05) is 28.4 Å². The van der Waals surface area contributed by atoms with Crippen molar-refractivity contribution in [2.45, 2.75) is 71.2 Å². The van der Waals surface area contributed by atoms with Crippen LogP contribution >= 0.6 is 20.7 Å². The Kier molecular flexibility index (Phi) is 11.4. The SMILES string of the molecule is [2H]C[C@H]1O[C@@H](N2C=CC(=O)NC2=C)C(OC(=S)N(C)OC)[C@H]1OP(OC)N(C(C)C)C(C)C.[3H]OC. The first-order chi connectivity index (χ1) is 17.0. The van der Waals surface area contributed by atoms with Crippen LogP contribution in [0.3, 0.4) is 0 Å². The molecule has 1 saturated heterocycles. The van der Waals surface area contributed by atoms with Crippen LogP contribution in [0.15, 0.2) is 24.7 Å². The molecule has 0 aromatic heterocycles. The smallest absolute Gasteiger partial charge is 0.284 e. The van der Waals surface area contributed by atoms with Gasteiger partial charge in [-0.3, -0.25) is 9.63 Å². The Balaban J connectivity index is 0.00000205. The third-order valence-corrected chi connectivity index (χ3v) is 7.30. The number of hydroxylamine groups is 2. The highest BCUT2D eigenvalue weighted by molar-refractivity contribution is 7.79. The summed E-state index contributed by atoms with van der Waals surface area (Å²) in [6.45, 7) is 12.1. The molecular formula is C21H39N4O7PS. The normalized spacial score (nSPS) is 26.1. The maximum absolute atomic E-state index is 11.7. The molecule has 11 nitrogen and oxygen atoms in total. The van der Waals surface area contributed by atoms with Crippen LogP contribution in [0.25, 0.3) is 0 Å². The van der Waals surface area contributed by atoms with Crippen molar-refractivity contribution in [1.29, 1.82) is 1.43 Å². The highest BCUT2D eigenvalue weighted by Crippen LogP contribution is 2.49. The molecule has 5 atom stereocenters. The summed E-state index contributed by atoms with van der Waals surface area (Å²) in [6, 6.07) is 0.312. The summed E-state index contributed by atoms with van der Waals surface area (Å²) in [6.07, 6.45) is 0.0418. The number of nitrogens with one attached hydrogen (secondary N) is 1. The molecule has 0 aromatic carbocycles. The van der Waals surface area contributed by atoms with Gasteiger partial charge in [-0.1, -0.05) is 6.58 Å². The summed E-state index contributed by atoms with van der Waals surface area (Å²) in [5.41, 5.74) is 0. The minimum atomic E-state index is -1.50. The minimum absolute atomic E-state index is 0.0669. The van der Waals surface area contributed by atoms with Gasteiger partial charge in [0, 0.05) is 47.0 Å². The summed E-state index contributed by atoms with van der Waals surface area (Å²) < 4.78 is 40.4. The second-order valence-electron chi connectivity index (χ2n) is 7.81. The van der Waals surface area contributed by atoms with Crippen LogP contribution < -0.4 is 5.32 Å². The minimum Gasteiger partial charge on any atom is -0.458 e. The van der Waals surface area contributed by atoms with E-state index >= 15 is 0 Å². The van der Waals surface area contributed by atoms with Gasteiger partial charge in [-0.25, -0.2) is 9.73 Å². The van der Waals surface area contributed by atoms with Crippen molar-refractivity contribution in [2.24, 2.45) is 0 Å². The van der Waals surface area contributed by atoms with Crippen LogP contribution in [0.4, 0.5) is 0 Å². The summed E-state index contributed by atoms with van der Waals surface area (Å²) in [7, 11) is 4.48. The zero-order chi connectivity index (χ0) is 27.6. The highest BCUT2D eigenvalue weighted by atomic mass is 32.1. The zero-order valence-electron chi connectivity index (χ0n) is 23.1. The monoisotopic (exact) mass is 525 g/mol. The molecule has 2 N–H and O–H groups in total. The van der Waals surface area contributed by atoms with E-state index in [0.717, 1.165) is 0 Å². The Morgan fingerprint density at radius 3 is 2.50 bits per heavy atom. The molecule has 196 valence electrons. The van der Waals surface area contributed by atoms with Crippen LogP contribution in [0.1, 0.15) is 36.0 Å². The molecular weight excluding hydrogens is 483 g/mol. The number of carbonyl (C=O) groups is 1. The van der Waals surface area contributed by atoms with Crippen molar-refractivity contribution in [3.8, 4) is 0 Å². The number of nitrogens with zero attached hydrogens (tertiary/aromatic N) is 3. The summed E-state index contributed by atoms with van der Waals surface area (Å²) in [5, 5.41) is 7.51. The van der Waals surface area contributed by atoms with Crippen LogP contribution in [0, 0.1) is 0 Å². The molecule has 0 spiro atoms. The summed E-state index contributed by atoms with van der Waals surface area (Å²) >= 11 is 5.38. The van der Waals surface area contributed by atoms with E-state index < -0.39 is 33.1 Å². The van der Waals surface area contributed by atoms with Crippen LogP contribution in [-0.4, -0.2) is 97.3 Å². The van der Waals surface area contributed by atoms with Gasteiger partial charge >= 0.3 is 0 Å². The van der Waals surface area contributed by atoms with E-state index in [1.165, 1.54) is 25.4 Å². The first-order valence-corrected chi connectivity index (χ1v) is 12.2. The topological polar surface area (TPSA) is 105 Å². The van der Waals surface area contributed by atoms with Gasteiger partial charge < -0.3 is 33.8 Å². The standard InChI is InChI=1S/C20H35N4O6PS.CH4O/c1-12(2)24(13(3)4)31(27-9)30-17-14(5)28-19(18(17)29-20(32)22(7)26-8)23-11-10-16(25)21-15(23)6;1-2/h10-14,17-19H,6H2,1-5,7-9H3,(H,21,25);2H,1H3/t14-,17+,18?,19-,31?;/m1./s1/i5D;2T. The molecule has 0 saturated carbocycles. The molecule has 0 radical (unpaired) electrons. The third kappa shape index (κ3) is 7.56. The molecule has 13 heteroatoms. The molecule has 1 fully saturated rings. The average Bonchev–Trinajstić information content (AvgIpc) is 3.14. The predicted molar refractivity (Wildman–Crippen MR) is 134 cm³/mol. The molecule has 34 heavy (non-hydrogen) atoms. The fraction of sp³-hybridized carbons (Fsp3) is 0.714. The maximum Gasteiger partial charge on any atom is 0.284 e. The van der Waals surface area contributed by atoms with Gasteiger partial charge in [0.05, 0.1) is 13.2 Å². The molecule has 0 bridgehead atoms. The second kappa shape index (κ2) is 14.3. The van der Waals surface area contributed by atoms with Gasteiger partial charge in [0.15, 0.2) is 12.3 Å². The highest BCUT2D eigenvalue weighted by Gasteiger charge is 2.51. The molecule has 2 heterocycles. The number of carbonyl (C=O) groups excluding carboxylic acids is 1. The van der Waals surface area contributed by atoms with E-state index in [4.69, 9.17) is 38.4 Å². The van der Waals surface area contributed by atoms with Crippen LogP contribution in [0.2, 0.25) is 0 Å². The number of thiocarbonyl (C=S) groups is 1. The van der Waals surface area contributed by atoms with Gasteiger partial charge in [0.2, 0.25) is 1.43 Å². The van der Waals surface area contributed by atoms with Gasteiger partial charge in [-0.15, -0.1) is 0 Å². The Morgan fingerprint density at radius 1 is 1.41 bits per heavy atom. The fourth-order valence-corrected chi connectivity index (χ4v) is 5.23. The second-order valence-corrected chi connectivity index (χ2v) is 9.67. The molecule has 2 rings (SSSR count). The van der Waals surface area contributed by atoms with Gasteiger partial charge in [-0.2, -0.15) is 0 Å². The van der Waals surface area contributed by atoms with Crippen molar-refractivity contribution in [1.82, 2.24) is 20.0 Å². The molecule has 2 aliphatic rings. The van der Waals surface area contributed by atoms with E-state index in [9.17, 15) is 4.79 Å². The fourth-order valence-electron chi connectivity index (χ4n) is 3.44. The zero-order valence-corrected chi connectivity index (χ0v) is 22.8. The quantitative estimate of drug-likeness (QED) is 0.263. The first-order valence-electron chi connectivity index (χ1n) is 11.8. The van der Waals surface area contributed by atoms with Crippen molar-refractivity contribution < 1.29 is 34.6 Å². The maximum atomic E-state index is 11.7. The Bertz CT molecular complexity index is 760. The van der Waals surface area contributed by atoms with E-state index in [1.807, 2.05) is 0 Å². The van der Waals surface area contributed by atoms with Crippen molar-refractivity contribution in [3.63, 3.8) is 0 Å².